The van der Waals surface area contributed by atoms with Crippen molar-refractivity contribution in [3.05, 3.63) is 35.3 Å². The number of aliphatic carboxylic acids is 1. The monoisotopic (exact) mass is 289 g/mol. The van der Waals surface area contributed by atoms with E-state index in [0.717, 1.165) is 11.5 Å². The zero-order valence-electron chi connectivity index (χ0n) is 11.3. The largest absolute Gasteiger partial charge is 0.496 e. The maximum atomic E-state index is 11.8. The van der Waals surface area contributed by atoms with Gasteiger partial charge in [-0.1, -0.05) is 0 Å². The number of carboxylic acid groups (broad SMARTS) is 1. The van der Waals surface area contributed by atoms with E-state index < -0.39 is 5.97 Å². The van der Waals surface area contributed by atoms with Gasteiger partial charge in [0.05, 0.1) is 18.8 Å². The molecule has 0 atom stereocenters. The number of carbonyl (C=O) groups excluding carboxylic acids is 1. The molecule has 0 aliphatic carbocycles. The summed E-state index contributed by atoms with van der Waals surface area (Å²) in [4.78, 5) is 28.4. The molecule has 3 heterocycles. The van der Waals surface area contributed by atoms with Crippen molar-refractivity contribution in [3.8, 4) is 0 Å². The SMILES string of the molecule is O=C(O)CCCOC1=CC2=CNC3=C(N=CCC3=O)N2C1. The Kier molecular flexibility index (Phi) is 3.47. The summed E-state index contributed by atoms with van der Waals surface area (Å²) >= 11 is 0. The predicted octanol–water partition coefficient (Wildman–Crippen LogP) is 0.725. The second-order valence-electron chi connectivity index (χ2n) is 4.89. The van der Waals surface area contributed by atoms with E-state index in [1.807, 2.05) is 11.0 Å². The zero-order valence-corrected chi connectivity index (χ0v) is 11.3. The molecule has 0 aromatic rings. The summed E-state index contributed by atoms with van der Waals surface area (Å²) in [5.74, 6) is 0.554. The molecule has 0 bridgehead atoms. The third-order valence-electron chi connectivity index (χ3n) is 3.37. The Hall–Kier alpha value is -2.57. The molecule has 0 spiro atoms. The molecule has 3 aliphatic heterocycles. The molecule has 3 rings (SSSR count). The highest BCUT2D eigenvalue weighted by Gasteiger charge is 2.31. The molecule has 21 heavy (non-hydrogen) atoms. The second-order valence-corrected chi connectivity index (χ2v) is 4.89. The Morgan fingerprint density at radius 1 is 1.52 bits per heavy atom. The predicted molar refractivity (Wildman–Crippen MR) is 74.0 cm³/mol. The van der Waals surface area contributed by atoms with Crippen LogP contribution in [0.4, 0.5) is 0 Å². The fourth-order valence-electron chi connectivity index (χ4n) is 2.37. The Morgan fingerprint density at radius 2 is 2.38 bits per heavy atom. The fourth-order valence-corrected chi connectivity index (χ4v) is 2.37. The number of hydrogen-bond donors (Lipinski definition) is 2. The van der Waals surface area contributed by atoms with E-state index in [1.165, 1.54) is 0 Å². The Balaban J connectivity index is 1.63. The number of nitrogens with one attached hydrogen (secondary N) is 1. The maximum absolute atomic E-state index is 11.8. The highest BCUT2D eigenvalue weighted by molar-refractivity contribution is 6.05. The molecule has 0 saturated carbocycles. The van der Waals surface area contributed by atoms with Crippen LogP contribution in [0, 0.1) is 0 Å². The average Bonchev–Trinajstić information content (AvgIpc) is 2.87. The molecule has 7 heteroatoms. The van der Waals surface area contributed by atoms with Crippen LogP contribution in [0.2, 0.25) is 0 Å². The highest BCUT2D eigenvalue weighted by Crippen LogP contribution is 2.31. The first-order valence-corrected chi connectivity index (χ1v) is 6.74. The fraction of sp³-hybridized carbons (Fsp3) is 0.357. The van der Waals surface area contributed by atoms with Crippen molar-refractivity contribution in [2.45, 2.75) is 19.3 Å². The summed E-state index contributed by atoms with van der Waals surface area (Å²) in [5.41, 5.74) is 1.40. The molecule has 0 amide bonds. The average molecular weight is 289 g/mol. The Morgan fingerprint density at radius 3 is 3.19 bits per heavy atom. The summed E-state index contributed by atoms with van der Waals surface area (Å²) in [6.07, 6.45) is 6.10. The molecule has 2 N–H and O–H groups in total. The first kappa shape index (κ1) is 13.4. The van der Waals surface area contributed by atoms with Gasteiger partial charge in [0.15, 0.2) is 11.6 Å². The van der Waals surface area contributed by atoms with Crippen LogP contribution in [0.5, 0.6) is 0 Å². The number of hydrogen-bond acceptors (Lipinski definition) is 6. The topological polar surface area (TPSA) is 91.2 Å². The molecular weight excluding hydrogens is 274 g/mol. The third kappa shape index (κ3) is 2.67. The normalized spacial score (nSPS) is 19.6. The van der Waals surface area contributed by atoms with Crippen molar-refractivity contribution in [3.63, 3.8) is 0 Å². The number of fused-ring (bicyclic) bond motifs is 2. The van der Waals surface area contributed by atoms with Gasteiger partial charge in [0.1, 0.15) is 11.5 Å². The number of ether oxygens (including phenoxy) is 1. The van der Waals surface area contributed by atoms with E-state index in [0.29, 0.717) is 37.5 Å². The summed E-state index contributed by atoms with van der Waals surface area (Å²) in [7, 11) is 0. The minimum atomic E-state index is -0.826. The molecule has 110 valence electrons. The van der Waals surface area contributed by atoms with E-state index in [1.54, 1.807) is 12.4 Å². The molecule has 0 unspecified atom stereocenters. The smallest absolute Gasteiger partial charge is 0.303 e. The lowest BCUT2D eigenvalue weighted by Crippen LogP contribution is -2.33. The first-order chi connectivity index (χ1) is 10.1. The maximum Gasteiger partial charge on any atom is 0.303 e. The lowest BCUT2D eigenvalue weighted by molar-refractivity contribution is -0.137. The quantitative estimate of drug-likeness (QED) is 0.725. The van der Waals surface area contributed by atoms with E-state index in [-0.39, 0.29) is 12.2 Å². The minimum absolute atomic E-state index is 0.0196. The number of nitrogens with zero attached hydrogens (tertiary/aromatic N) is 2. The van der Waals surface area contributed by atoms with Gasteiger partial charge >= 0.3 is 5.97 Å². The van der Waals surface area contributed by atoms with Crippen LogP contribution in [0.1, 0.15) is 19.3 Å². The van der Waals surface area contributed by atoms with Crippen LogP contribution in [0.25, 0.3) is 0 Å². The van der Waals surface area contributed by atoms with Crippen molar-refractivity contribution in [1.29, 1.82) is 0 Å². The zero-order chi connectivity index (χ0) is 14.8. The van der Waals surface area contributed by atoms with Crippen molar-refractivity contribution in [2.24, 2.45) is 4.99 Å². The number of rotatable bonds is 5. The number of aliphatic imine (C=N–C) groups is 1. The molecule has 7 nitrogen and oxygen atoms in total. The van der Waals surface area contributed by atoms with E-state index in [4.69, 9.17) is 9.84 Å². The van der Waals surface area contributed by atoms with Gasteiger partial charge in [-0.25, -0.2) is 4.99 Å². The van der Waals surface area contributed by atoms with Gasteiger partial charge in [0, 0.05) is 31.3 Å². The Bertz CT molecular complexity index is 616. The van der Waals surface area contributed by atoms with Gasteiger partial charge in [-0.3, -0.25) is 9.59 Å². The van der Waals surface area contributed by atoms with E-state index in [2.05, 4.69) is 10.3 Å². The standard InChI is InChI=1S/C14H15N3O4/c18-11-3-4-15-14-13(11)16-7-9-6-10(8-17(9)14)21-5-1-2-12(19)20/h4,6-7,16H,1-3,5,8H2,(H,19,20). The van der Waals surface area contributed by atoms with Crippen molar-refractivity contribution >= 4 is 18.0 Å². The summed E-state index contributed by atoms with van der Waals surface area (Å²) in [5, 5.41) is 11.6. The van der Waals surface area contributed by atoms with Crippen LogP contribution in [-0.2, 0) is 14.3 Å². The lowest BCUT2D eigenvalue weighted by Gasteiger charge is -2.28. The van der Waals surface area contributed by atoms with Crippen LogP contribution >= 0.6 is 0 Å². The van der Waals surface area contributed by atoms with Crippen molar-refractivity contribution in [2.75, 3.05) is 13.2 Å². The molecule has 0 aromatic heterocycles. The highest BCUT2D eigenvalue weighted by atomic mass is 16.5. The van der Waals surface area contributed by atoms with Gasteiger partial charge in [-0.2, -0.15) is 0 Å². The number of carbonyl (C=O) groups is 2. The van der Waals surface area contributed by atoms with Gasteiger partial charge in [0.25, 0.3) is 0 Å². The van der Waals surface area contributed by atoms with E-state index >= 15 is 0 Å². The van der Waals surface area contributed by atoms with Crippen molar-refractivity contribution in [1.82, 2.24) is 10.2 Å². The van der Waals surface area contributed by atoms with Crippen LogP contribution in [-0.4, -0.2) is 41.1 Å². The van der Waals surface area contributed by atoms with Crippen LogP contribution < -0.4 is 5.32 Å². The van der Waals surface area contributed by atoms with Gasteiger partial charge in [-0.05, 0) is 6.42 Å². The molecule has 0 radical (unpaired) electrons. The second kappa shape index (κ2) is 5.43. The third-order valence-corrected chi connectivity index (χ3v) is 3.37. The number of ketones is 1. The van der Waals surface area contributed by atoms with Gasteiger partial charge in [0.2, 0.25) is 0 Å². The Labute approximate surface area is 121 Å². The van der Waals surface area contributed by atoms with Crippen molar-refractivity contribution < 1.29 is 19.4 Å². The summed E-state index contributed by atoms with van der Waals surface area (Å²) < 4.78 is 5.58. The first-order valence-electron chi connectivity index (χ1n) is 6.74. The lowest BCUT2D eigenvalue weighted by atomic mass is 10.1. The molecule has 0 saturated heterocycles. The van der Waals surface area contributed by atoms with Crippen LogP contribution in [0.15, 0.2) is 40.2 Å². The number of allylic oxidation sites excluding steroid dienone is 2. The van der Waals surface area contributed by atoms with Gasteiger partial charge < -0.3 is 20.1 Å². The molecule has 0 fully saturated rings. The minimum Gasteiger partial charge on any atom is -0.496 e. The summed E-state index contributed by atoms with van der Waals surface area (Å²) in [6.45, 7) is 0.866. The van der Waals surface area contributed by atoms with Gasteiger partial charge in [-0.15, -0.1) is 0 Å². The van der Waals surface area contributed by atoms with E-state index in [9.17, 15) is 9.59 Å². The number of carboxylic acids is 1. The molecular formula is C14H15N3O4. The van der Waals surface area contributed by atoms with Crippen LogP contribution in [0.3, 0.4) is 0 Å². The molecule has 3 aliphatic rings. The number of Topliss-reactive ketones (excluding diaryl/α,β-unsaturated/α-hetero) is 1. The summed E-state index contributed by atoms with van der Waals surface area (Å²) in [6, 6.07) is 0. The molecule has 0 aromatic carbocycles.